The molecule has 1 N–H and O–H groups in total. The summed E-state index contributed by atoms with van der Waals surface area (Å²) in [5.74, 6) is 0.516. The van der Waals surface area contributed by atoms with Gasteiger partial charge in [-0.3, -0.25) is 4.79 Å². The summed E-state index contributed by atoms with van der Waals surface area (Å²) < 4.78 is 0. The predicted octanol–water partition coefficient (Wildman–Crippen LogP) is 3.99. The van der Waals surface area contributed by atoms with E-state index in [1.54, 1.807) is 11.0 Å². The van der Waals surface area contributed by atoms with Gasteiger partial charge >= 0.3 is 0 Å². The maximum atomic E-state index is 12.9. The smallest absolute Gasteiger partial charge is 0.277 e. The van der Waals surface area contributed by atoms with Crippen molar-refractivity contribution in [2.24, 2.45) is 0 Å². The van der Waals surface area contributed by atoms with E-state index in [1.165, 1.54) is 17.5 Å². The monoisotopic (exact) mass is 344 g/mol. The molecule has 0 saturated heterocycles. The summed E-state index contributed by atoms with van der Waals surface area (Å²) in [6.45, 7) is 2.81. The SMILES string of the molecule is CCc1ccc(Nc2cc(C(=O)N3CCc4ccccc43)ncn2)cc1. The number of amides is 1. The lowest BCUT2D eigenvalue weighted by atomic mass is 10.1. The Labute approximate surface area is 152 Å². The number of aryl methyl sites for hydroxylation is 1. The van der Waals surface area contributed by atoms with Gasteiger partial charge < -0.3 is 10.2 Å². The highest BCUT2D eigenvalue weighted by molar-refractivity contribution is 6.06. The Bertz CT molecular complexity index is 937. The minimum absolute atomic E-state index is 0.0956. The van der Waals surface area contributed by atoms with E-state index >= 15 is 0 Å². The molecule has 0 fully saturated rings. The Balaban J connectivity index is 1.55. The summed E-state index contributed by atoms with van der Waals surface area (Å²) in [4.78, 5) is 23.1. The zero-order valence-corrected chi connectivity index (χ0v) is 14.6. The minimum Gasteiger partial charge on any atom is -0.340 e. The van der Waals surface area contributed by atoms with Crippen LogP contribution in [0.25, 0.3) is 0 Å². The Kier molecular flexibility index (Phi) is 4.35. The van der Waals surface area contributed by atoms with Crippen LogP contribution in [0.15, 0.2) is 60.9 Å². The zero-order valence-electron chi connectivity index (χ0n) is 14.6. The molecule has 0 spiro atoms. The van der Waals surface area contributed by atoms with E-state index in [2.05, 4.69) is 40.4 Å². The largest absolute Gasteiger partial charge is 0.340 e. The average Bonchev–Trinajstić information content (AvgIpc) is 3.12. The van der Waals surface area contributed by atoms with Crippen molar-refractivity contribution in [3.8, 4) is 0 Å². The van der Waals surface area contributed by atoms with Gasteiger partial charge in [0.1, 0.15) is 17.8 Å². The number of fused-ring (bicyclic) bond motifs is 1. The van der Waals surface area contributed by atoms with Gasteiger partial charge in [0.15, 0.2) is 0 Å². The molecule has 0 aliphatic carbocycles. The van der Waals surface area contributed by atoms with E-state index in [4.69, 9.17) is 0 Å². The van der Waals surface area contributed by atoms with Crippen molar-refractivity contribution >= 4 is 23.1 Å². The molecule has 1 aliphatic rings. The summed E-state index contributed by atoms with van der Waals surface area (Å²) in [6, 6.07) is 17.9. The van der Waals surface area contributed by atoms with Crippen molar-refractivity contribution in [2.75, 3.05) is 16.8 Å². The first-order valence-electron chi connectivity index (χ1n) is 8.82. The fourth-order valence-corrected chi connectivity index (χ4v) is 3.20. The summed E-state index contributed by atoms with van der Waals surface area (Å²) in [5, 5.41) is 3.24. The lowest BCUT2D eigenvalue weighted by Crippen LogP contribution is -2.29. The maximum absolute atomic E-state index is 12.9. The molecule has 0 bridgehead atoms. The summed E-state index contributed by atoms with van der Waals surface area (Å²) >= 11 is 0. The Hall–Kier alpha value is -3.21. The van der Waals surface area contributed by atoms with Crippen LogP contribution in [0.1, 0.15) is 28.5 Å². The summed E-state index contributed by atoms with van der Waals surface area (Å²) in [5.41, 5.74) is 4.78. The maximum Gasteiger partial charge on any atom is 0.277 e. The normalized spacial score (nSPS) is 12.7. The Morgan fingerprint density at radius 1 is 1.12 bits per heavy atom. The molecule has 3 aromatic rings. The lowest BCUT2D eigenvalue weighted by molar-refractivity contribution is 0.0984. The molecule has 4 rings (SSSR count). The van der Waals surface area contributed by atoms with E-state index in [0.717, 1.165) is 24.2 Å². The molecular weight excluding hydrogens is 324 g/mol. The third kappa shape index (κ3) is 3.16. The quantitative estimate of drug-likeness (QED) is 0.777. The van der Waals surface area contributed by atoms with Gasteiger partial charge in [-0.25, -0.2) is 9.97 Å². The van der Waals surface area contributed by atoms with Gasteiger partial charge in [0.25, 0.3) is 5.91 Å². The van der Waals surface area contributed by atoms with Crippen molar-refractivity contribution in [3.05, 3.63) is 77.7 Å². The zero-order chi connectivity index (χ0) is 17.9. The topological polar surface area (TPSA) is 58.1 Å². The third-order valence-electron chi connectivity index (χ3n) is 4.65. The number of nitrogens with zero attached hydrogens (tertiary/aromatic N) is 3. The molecule has 2 heterocycles. The Morgan fingerprint density at radius 2 is 1.92 bits per heavy atom. The first-order valence-corrected chi connectivity index (χ1v) is 8.82. The van der Waals surface area contributed by atoms with Crippen LogP contribution in [0.3, 0.4) is 0 Å². The summed E-state index contributed by atoms with van der Waals surface area (Å²) in [7, 11) is 0. The minimum atomic E-state index is -0.0956. The average molecular weight is 344 g/mol. The van der Waals surface area contributed by atoms with E-state index in [-0.39, 0.29) is 5.91 Å². The highest BCUT2D eigenvalue weighted by Crippen LogP contribution is 2.28. The van der Waals surface area contributed by atoms with Crippen LogP contribution < -0.4 is 10.2 Å². The Morgan fingerprint density at radius 3 is 2.73 bits per heavy atom. The number of carbonyl (C=O) groups is 1. The number of anilines is 3. The van der Waals surface area contributed by atoms with E-state index < -0.39 is 0 Å². The van der Waals surface area contributed by atoms with Crippen molar-refractivity contribution < 1.29 is 4.79 Å². The molecule has 5 nitrogen and oxygen atoms in total. The second-order valence-electron chi connectivity index (χ2n) is 6.30. The van der Waals surface area contributed by atoms with Gasteiger partial charge in [-0.2, -0.15) is 0 Å². The first kappa shape index (κ1) is 16.3. The van der Waals surface area contributed by atoms with Crippen molar-refractivity contribution in [3.63, 3.8) is 0 Å². The fourth-order valence-electron chi connectivity index (χ4n) is 3.20. The van der Waals surface area contributed by atoms with Crippen molar-refractivity contribution in [1.29, 1.82) is 0 Å². The lowest BCUT2D eigenvalue weighted by Gasteiger charge is -2.17. The van der Waals surface area contributed by atoms with Gasteiger partial charge in [0.2, 0.25) is 0 Å². The van der Waals surface area contributed by atoms with Crippen LogP contribution in [0, 0.1) is 0 Å². The highest BCUT2D eigenvalue weighted by atomic mass is 16.2. The number of hydrogen-bond donors (Lipinski definition) is 1. The van der Waals surface area contributed by atoms with Gasteiger partial charge in [-0.05, 0) is 42.2 Å². The molecule has 1 aliphatic heterocycles. The molecular formula is C21H20N4O. The first-order chi connectivity index (χ1) is 12.7. The molecule has 1 amide bonds. The number of benzene rings is 2. The van der Waals surface area contributed by atoms with Gasteiger partial charge in [-0.1, -0.05) is 37.3 Å². The van der Waals surface area contributed by atoms with E-state index in [9.17, 15) is 4.79 Å². The van der Waals surface area contributed by atoms with E-state index in [1.807, 2.05) is 30.3 Å². The third-order valence-corrected chi connectivity index (χ3v) is 4.65. The number of hydrogen-bond acceptors (Lipinski definition) is 4. The second-order valence-corrected chi connectivity index (χ2v) is 6.30. The standard InChI is InChI=1S/C21H20N4O/c1-2-15-7-9-17(10-8-15)24-20-13-18(22-14-23-20)21(26)25-12-11-16-5-3-4-6-19(16)25/h3-10,13-14H,2,11-12H2,1H3,(H,22,23,24). The molecule has 130 valence electrons. The number of carbonyl (C=O) groups excluding carboxylic acids is 1. The number of nitrogens with one attached hydrogen (secondary N) is 1. The van der Waals surface area contributed by atoms with Crippen LogP contribution >= 0.6 is 0 Å². The van der Waals surface area contributed by atoms with Gasteiger partial charge in [-0.15, -0.1) is 0 Å². The van der Waals surface area contributed by atoms with Crippen molar-refractivity contribution in [2.45, 2.75) is 19.8 Å². The molecule has 0 atom stereocenters. The van der Waals surface area contributed by atoms with Crippen LogP contribution in [0.5, 0.6) is 0 Å². The van der Waals surface area contributed by atoms with Crippen LogP contribution in [0.4, 0.5) is 17.2 Å². The second kappa shape index (κ2) is 6.96. The fraction of sp³-hybridized carbons (Fsp3) is 0.190. The molecule has 0 unspecified atom stereocenters. The molecule has 1 aromatic heterocycles. The van der Waals surface area contributed by atoms with Crippen LogP contribution in [-0.2, 0) is 12.8 Å². The molecule has 0 saturated carbocycles. The highest BCUT2D eigenvalue weighted by Gasteiger charge is 2.26. The number of aromatic nitrogens is 2. The van der Waals surface area contributed by atoms with E-state index in [0.29, 0.717) is 18.1 Å². The number of para-hydroxylation sites is 1. The van der Waals surface area contributed by atoms with Crippen LogP contribution in [0.2, 0.25) is 0 Å². The number of rotatable bonds is 4. The predicted molar refractivity (Wildman–Crippen MR) is 103 cm³/mol. The van der Waals surface area contributed by atoms with Crippen molar-refractivity contribution in [1.82, 2.24) is 9.97 Å². The van der Waals surface area contributed by atoms with Gasteiger partial charge in [0, 0.05) is 24.0 Å². The molecule has 0 radical (unpaired) electrons. The molecule has 2 aromatic carbocycles. The molecule has 26 heavy (non-hydrogen) atoms. The van der Waals surface area contributed by atoms with Crippen LogP contribution in [-0.4, -0.2) is 22.4 Å². The summed E-state index contributed by atoms with van der Waals surface area (Å²) in [6.07, 6.45) is 3.31. The van der Waals surface area contributed by atoms with Gasteiger partial charge in [0.05, 0.1) is 0 Å². The molecule has 5 heteroatoms.